The molecule has 0 aliphatic heterocycles. The first kappa shape index (κ1) is 9.51. The molecule has 0 bridgehead atoms. The van der Waals surface area contributed by atoms with Crippen LogP contribution in [0.3, 0.4) is 0 Å². The number of carbonyl (C=O) groups is 1. The molecule has 1 aromatic rings. The Morgan fingerprint density at radius 1 is 1.77 bits per heavy atom. The highest BCUT2D eigenvalue weighted by atomic mass is 16.4. The fourth-order valence-electron chi connectivity index (χ4n) is 0.901. The highest BCUT2D eigenvalue weighted by Crippen LogP contribution is 1.98. The zero-order chi connectivity index (χ0) is 9.84. The summed E-state index contributed by atoms with van der Waals surface area (Å²) in [4.78, 5) is 10.4. The lowest BCUT2D eigenvalue weighted by Gasteiger charge is -1.99. The Morgan fingerprint density at radius 3 is 2.92 bits per heavy atom. The van der Waals surface area contributed by atoms with Crippen LogP contribution in [-0.4, -0.2) is 20.9 Å². The molecule has 4 heteroatoms. The third-order valence-corrected chi connectivity index (χ3v) is 1.84. The molecule has 0 aliphatic rings. The summed E-state index contributed by atoms with van der Waals surface area (Å²) in [5.41, 5.74) is 1.37. The Hall–Kier alpha value is -1.58. The van der Waals surface area contributed by atoms with Gasteiger partial charge in [0, 0.05) is 17.5 Å². The smallest absolute Gasteiger partial charge is 0.331 e. The van der Waals surface area contributed by atoms with E-state index in [1.807, 2.05) is 13.0 Å². The van der Waals surface area contributed by atoms with E-state index in [4.69, 9.17) is 5.11 Å². The Balaban J connectivity index is 2.67. The van der Waals surface area contributed by atoms with Gasteiger partial charge < -0.3 is 5.11 Å². The van der Waals surface area contributed by atoms with Crippen LogP contribution < -0.4 is 0 Å². The molecule has 1 heterocycles. The van der Waals surface area contributed by atoms with Crippen molar-refractivity contribution in [2.75, 3.05) is 0 Å². The maximum Gasteiger partial charge on any atom is 0.331 e. The van der Waals surface area contributed by atoms with Crippen LogP contribution in [0.1, 0.15) is 12.6 Å². The number of allylic oxidation sites excluding steroid dienone is 1. The fourth-order valence-corrected chi connectivity index (χ4v) is 0.901. The van der Waals surface area contributed by atoms with Gasteiger partial charge in [-0.25, -0.2) is 4.79 Å². The quantitative estimate of drug-likeness (QED) is 0.711. The van der Waals surface area contributed by atoms with Gasteiger partial charge >= 0.3 is 5.97 Å². The SMILES string of the molecule is C/C(=C/Cn1nccc1C)C(=O)O. The summed E-state index contributed by atoms with van der Waals surface area (Å²) in [6, 6.07) is 1.88. The lowest BCUT2D eigenvalue weighted by Crippen LogP contribution is -2.03. The number of aromatic nitrogens is 2. The summed E-state index contributed by atoms with van der Waals surface area (Å²) >= 11 is 0. The largest absolute Gasteiger partial charge is 0.478 e. The molecule has 13 heavy (non-hydrogen) atoms. The summed E-state index contributed by atoms with van der Waals surface area (Å²) < 4.78 is 1.74. The maximum absolute atomic E-state index is 10.4. The predicted molar refractivity (Wildman–Crippen MR) is 48.4 cm³/mol. The summed E-state index contributed by atoms with van der Waals surface area (Å²) in [5.74, 6) is -0.884. The molecule has 0 saturated heterocycles. The van der Waals surface area contributed by atoms with Crippen molar-refractivity contribution in [2.24, 2.45) is 0 Å². The van der Waals surface area contributed by atoms with Crippen LogP contribution in [0.5, 0.6) is 0 Å². The minimum atomic E-state index is -0.884. The van der Waals surface area contributed by atoms with Crippen LogP contribution in [-0.2, 0) is 11.3 Å². The van der Waals surface area contributed by atoms with Gasteiger partial charge in [-0.15, -0.1) is 0 Å². The highest BCUT2D eigenvalue weighted by Gasteiger charge is 1.99. The van der Waals surface area contributed by atoms with Gasteiger partial charge in [0.2, 0.25) is 0 Å². The lowest BCUT2D eigenvalue weighted by atomic mass is 10.3. The molecule has 0 radical (unpaired) electrons. The number of nitrogens with zero attached hydrogens (tertiary/aromatic N) is 2. The molecule has 1 rings (SSSR count). The number of carboxylic acids is 1. The summed E-state index contributed by atoms with van der Waals surface area (Å²) in [6.45, 7) is 4.01. The predicted octanol–water partition coefficient (Wildman–Crippen LogP) is 1.22. The minimum Gasteiger partial charge on any atom is -0.478 e. The van der Waals surface area contributed by atoms with E-state index in [1.54, 1.807) is 23.9 Å². The lowest BCUT2D eigenvalue weighted by molar-refractivity contribution is -0.132. The molecule has 4 nitrogen and oxygen atoms in total. The van der Waals surface area contributed by atoms with Gasteiger partial charge in [-0.1, -0.05) is 6.08 Å². The molecule has 1 aromatic heterocycles. The van der Waals surface area contributed by atoms with Gasteiger partial charge in [0.25, 0.3) is 0 Å². The van der Waals surface area contributed by atoms with E-state index in [-0.39, 0.29) is 0 Å². The van der Waals surface area contributed by atoms with Gasteiger partial charge in [0.1, 0.15) is 0 Å². The second-order valence-electron chi connectivity index (χ2n) is 2.85. The third kappa shape index (κ3) is 2.43. The van der Waals surface area contributed by atoms with Crippen molar-refractivity contribution in [1.82, 2.24) is 9.78 Å². The van der Waals surface area contributed by atoms with Crippen LogP contribution in [0.2, 0.25) is 0 Å². The molecule has 1 N–H and O–H groups in total. The average molecular weight is 180 g/mol. The van der Waals surface area contributed by atoms with Crippen molar-refractivity contribution in [3.05, 3.63) is 29.6 Å². The Kier molecular flexibility index (Phi) is 2.84. The van der Waals surface area contributed by atoms with Crippen molar-refractivity contribution >= 4 is 5.97 Å². The molecular formula is C9H12N2O2. The molecular weight excluding hydrogens is 168 g/mol. The summed E-state index contributed by atoms with van der Waals surface area (Å²) in [5, 5.41) is 12.6. The molecule has 0 aliphatic carbocycles. The van der Waals surface area contributed by atoms with E-state index >= 15 is 0 Å². The van der Waals surface area contributed by atoms with Crippen LogP contribution in [0, 0.1) is 6.92 Å². The van der Waals surface area contributed by atoms with Crippen molar-refractivity contribution in [2.45, 2.75) is 20.4 Å². The fraction of sp³-hybridized carbons (Fsp3) is 0.333. The Morgan fingerprint density at radius 2 is 2.46 bits per heavy atom. The maximum atomic E-state index is 10.4. The number of hydrogen-bond donors (Lipinski definition) is 1. The highest BCUT2D eigenvalue weighted by molar-refractivity contribution is 5.85. The van der Waals surface area contributed by atoms with Crippen LogP contribution in [0.15, 0.2) is 23.9 Å². The molecule has 0 amide bonds. The zero-order valence-corrected chi connectivity index (χ0v) is 7.69. The molecule has 0 spiro atoms. The van der Waals surface area contributed by atoms with Gasteiger partial charge in [-0.05, 0) is 19.9 Å². The first-order valence-corrected chi connectivity index (χ1v) is 3.99. The first-order chi connectivity index (χ1) is 6.11. The van der Waals surface area contributed by atoms with Crippen LogP contribution in [0.25, 0.3) is 0 Å². The normalized spacial score (nSPS) is 11.7. The zero-order valence-electron chi connectivity index (χ0n) is 7.69. The van der Waals surface area contributed by atoms with Crippen molar-refractivity contribution < 1.29 is 9.90 Å². The van der Waals surface area contributed by atoms with E-state index in [2.05, 4.69) is 5.10 Å². The van der Waals surface area contributed by atoms with Crippen LogP contribution in [0.4, 0.5) is 0 Å². The standard InChI is InChI=1S/C9H12N2O2/c1-7(9(12)13)4-6-11-8(2)3-5-10-11/h3-5H,6H2,1-2H3,(H,12,13)/b7-4-. The number of aryl methyl sites for hydroxylation is 1. The summed E-state index contributed by atoms with van der Waals surface area (Å²) in [7, 11) is 0. The minimum absolute atomic E-state index is 0.343. The Bertz CT molecular complexity index is 339. The second kappa shape index (κ2) is 3.89. The van der Waals surface area contributed by atoms with Crippen molar-refractivity contribution in [3.63, 3.8) is 0 Å². The van der Waals surface area contributed by atoms with E-state index in [0.717, 1.165) is 5.69 Å². The molecule has 70 valence electrons. The molecule has 0 aromatic carbocycles. The number of hydrogen-bond acceptors (Lipinski definition) is 2. The van der Waals surface area contributed by atoms with Gasteiger partial charge in [0.15, 0.2) is 0 Å². The number of carboxylic acid groups (broad SMARTS) is 1. The van der Waals surface area contributed by atoms with E-state index < -0.39 is 5.97 Å². The van der Waals surface area contributed by atoms with E-state index in [0.29, 0.717) is 12.1 Å². The van der Waals surface area contributed by atoms with Crippen LogP contribution >= 0.6 is 0 Å². The third-order valence-electron chi connectivity index (χ3n) is 1.84. The van der Waals surface area contributed by atoms with E-state index in [1.165, 1.54) is 0 Å². The van der Waals surface area contributed by atoms with Crippen molar-refractivity contribution in [3.8, 4) is 0 Å². The topological polar surface area (TPSA) is 55.1 Å². The molecule has 0 fully saturated rings. The molecule has 0 saturated carbocycles. The number of aliphatic carboxylic acids is 1. The van der Waals surface area contributed by atoms with E-state index in [9.17, 15) is 4.79 Å². The number of rotatable bonds is 3. The van der Waals surface area contributed by atoms with Crippen molar-refractivity contribution in [1.29, 1.82) is 0 Å². The summed E-state index contributed by atoms with van der Waals surface area (Å²) in [6.07, 6.45) is 3.33. The monoisotopic (exact) mass is 180 g/mol. The first-order valence-electron chi connectivity index (χ1n) is 3.99. The molecule has 0 atom stereocenters. The second-order valence-corrected chi connectivity index (χ2v) is 2.85. The van der Waals surface area contributed by atoms with Gasteiger partial charge in [0.05, 0.1) is 6.54 Å². The Labute approximate surface area is 76.5 Å². The average Bonchev–Trinajstić information content (AvgIpc) is 2.47. The molecule has 0 unspecified atom stereocenters. The van der Waals surface area contributed by atoms with Gasteiger partial charge in [-0.3, -0.25) is 4.68 Å². The van der Waals surface area contributed by atoms with Gasteiger partial charge in [-0.2, -0.15) is 5.10 Å².